The summed E-state index contributed by atoms with van der Waals surface area (Å²) in [7, 11) is 0. The third-order valence-electron chi connectivity index (χ3n) is 3.92. The number of likely N-dealkylation sites (tertiary alicyclic amines) is 1. The minimum Gasteiger partial charge on any atom is -0.444 e. The highest BCUT2D eigenvalue weighted by Gasteiger charge is 2.40. The van der Waals surface area contributed by atoms with Crippen molar-refractivity contribution < 1.29 is 19.4 Å². The van der Waals surface area contributed by atoms with Gasteiger partial charge in [0.2, 0.25) is 0 Å². The molecule has 1 aliphatic rings. The van der Waals surface area contributed by atoms with Crippen LogP contribution in [0.15, 0.2) is 30.3 Å². The van der Waals surface area contributed by atoms with E-state index in [0.29, 0.717) is 0 Å². The molecule has 0 saturated carbocycles. The van der Waals surface area contributed by atoms with Crippen LogP contribution in [-0.2, 0) is 9.47 Å². The SMILES string of the molecule is CC(C)(C)OC(=O)N1[C@H](COC(C)(C)O)CC[C@@H]1c1ccccc1. The number of nitrogens with zero attached hydrogens (tertiary/aromatic N) is 1. The molecule has 0 aliphatic carbocycles. The number of rotatable bonds is 4. The van der Waals surface area contributed by atoms with Crippen LogP contribution in [0.4, 0.5) is 4.79 Å². The van der Waals surface area contributed by atoms with E-state index in [0.717, 1.165) is 18.4 Å². The van der Waals surface area contributed by atoms with Gasteiger partial charge < -0.3 is 14.6 Å². The minimum absolute atomic E-state index is 0.0311. The molecule has 5 nitrogen and oxygen atoms in total. The zero-order valence-corrected chi connectivity index (χ0v) is 15.3. The predicted molar refractivity (Wildman–Crippen MR) is 92.5 cm³/mol. The van der Waals surface area contributed by atoms with Crippen molar-refractivity contribution in [3.8, 4) is 0 Å². The van der Waals surface area contributed by atoms with Gasteiger partial charge in [0.1, 0.15) is 5.60 Å². The van der Waals surface area contributed by atoms with Gasteiger partial charge in [0.05, 0.1) is 18.7 Å². The van der Waals surface area contributed by atoms with Gasteiger partial charge in [-0.3, -0.25) is 4.90 Å². The molecule has 1 aliphatic heterocycles. The fourth-order valence-corrected chi connectivity index (χ4v) is 2.94. The largest absolute Gasteiger partial charge is 0.444 e. The Kier molecular flexibility index (Phi) is 5.56. The summed E-state index contributed by atoms with van der Waals surface area (Å²) in [6, 6.07) is 9.83. The molecular weight excluding hydrogens is 306 g/mol. The molecule has 134 valence electrons. The van der Waals surface area contributed by atoms with Crippen LogP contribution in [0.1, 0.15) is 59.1 Å². The fourth-order valence-electron chi connectivity index (χ4n) is 2.94. The van der Waals surface area contributed by atoms with Crippen LogP contribution < -0.4 is 0 Å². The number of carbonyl (C=O) groups excluding carboxylic acids is 1. The lowest BCUT2D eigenvalue weighted by Crippen LogP contribution is -2.44. The normalized spacial score (nSPS) is 21.8. The van der Waals surface area contributed by atoms with Gasteiger partial charge in [-0.25, -0.2) is 4.79 Å². The first-order valence-corrected chi connectivity index (χ1v) is 8.49. The van der Waals surface area contributed by atoms with Crippen LogP contribution in [0, 0.1) is 0 Å². The van der Waals surface area contributed by atoms with Gasteiger partial charge in [-0.05, 0) is 53.0 Å². The van der Waals surface area contributed by atoms with Gasteiger partial charge in [-0.2, -0.15) is 0 Å². The highest BCUT2D eigenvalue weighted by Crippen LogP contribution is 2.37. The molecule has 1 aromatic rings. The number of benzene rings is 1. The second-order valence-electron chi connectivity index (χ2n) is 7.80. The standard InChI is InChI=1S/C19H29NO4/c1-18(2,3)24-17(21)20-15(13-23-19(4,5)22)11-12-16(20)14-9-7-6-8-10-14/h6-10,15-16,22H,11-13H2,1-5H3/t15-,16+/m0/s1. The summed E-state index contributed by atoms with van der Waals surface area (Å²) in [5, 5.41) is 9.82. The van der Waals surface area contributed by atoms with Crippen molar-refractivity contribution in [2.24, 2.45) is 0 Å². The first-order valence-electron chi connectivity index (χ1n) is 8.49. The first-order chi connectivity index (χ1) is 11.1. The van der Waals surface area contributed by atoms with E-state index >= 15 is 0 Å². The van der Waals surface area contributed by atoms with Crippen LogP contribution in [-0.4, -0.2) is 40.1 Å². The average molecular weight is 335 g/mol. The molecule has 1 amide bonds. The number of hydrogen-bond donors (Lipinski definition) is 1. The Morgan fingerprint density at radius 2 is 1.79 bits per heavy atom. The molecule has 1 N–H and O–H groups in total. The number of hydrogen-bond acceptors (Lipinski definition) is 4. The lowest BCUT2D eigenvalue weighted by Gasteiger charge is -2.33. The molecule has 1 saturated heterocycles. The van der Waals surface area contributed by atoms with Crippen molar-refractivity contribution >= 4 is 6.09 Å². The lowest BCUT2D eigenvalue weighted by atomic mass is 10.1. The first kappa shape index (κ1) is 18.7. The van der Waals surface area contributed by atoms with E-state index in [-0.39, 0.29) is 24.8 Å². The summed E-state index contributed by atoms with van der Waals surface area (Å²) in [6.07, 6.45) is 1.33. The Labute approximate surface area is 144 Å². The number of carbonyl (C=O) groups is 1. The van der Waals surface area contributed by atoms with E-state index in [4.69, 9.17) is 9.47 Å². The fraction of sp³-hybridized carbons (Fsp3) is 0.632. The van der Waals surface area contributed by atoms with Gasteiger partial charge >= 0.3 is 6.09 Å². The zero-order valence-electron chi connectivity index (χ0n) is 15.3. The van der Waals surface area contributed by atoms with E-state index < -0.39 is 11.4 Å². The second-order valence-corrected chi connectivity index (χ2v) is 7.80. The lowest BCUT2D eigenvalue weighted by molar-refractivity contribution is -0.183. The Morgan fingerprint density at radius 1 is 1.17 bits per heavy atom. The van der Waals surface area contributed by atoms with E-state index in [1.165, 1.54) is 0 Å². The molecule has 24 heavy (non-hydrogen) atoms. The zero-order chi connectivity index (χ0) is 18.0. The van der Waals surface area contributed by atoms with Crippen molar-refractivity contribution in [1.82, 2.24) is 4.90 Å². The van der Waals surface area contributed by atoms with Gasteiger partial charge in [0.25, 0.3) is 0 Å². The summed E-state index contributed by atoms with van der Waals surface area (Å²) >= 11 is 0. The molecule has 0 bridgehead atoms. The summed E-state index contributed by atoms with van der Waals surface area (Å²) in [5.41, 5.74) is 0.539. The summed E-state index contributed by atoms with van der Waals surface area (Å²) in [4.78, 5) is 14.5. The minimum atomic E-state index is -1.22. The van der Waals surface area contributed by atoms with Crippen LogP contribution >= 0.6 is 0 Å². The molecular formula is C19H29NO4. The molecule has 1 fully saturated rings. The Bertz CT molecular complexity index is 545. The average Bonchev–Trinajstić information content (AvgIpc) is 2.87. The third kappa shape index (κ3) is 5.21. The van der Waals surface area contributed by atoms with Crippen molar-refractivity contribution in [3.05, 3.63) is 35.9 Å². The molecule has 2 rings (SSSR count). The maximum atomic E-state index is 12.8. The monoisotopic (exact) mass is 335 g/mol. The van der Waals surface area contributed by atoms with Crippen molar-refractivity contribution in [3.63, 3.8) is 0 Å². The van der Waals surface area contributed by atoms with Gasteiger partial charge in [0, 0.05) is 0 Å². The third-order valence-corrected chi connectivity index (χ3v) is 3.92. The summed E-state index contributed by atoms with van der Waals surface area (Å²) < 4.78 is 11.1. The topological polar surface area (TPSA) is 59.0 Å². The number of aliphatic hydroxyl groups is 1. The Hall–Kier alpha value is -1.59. The van der Waals surface area contributed by atoms with Crippen molar-refractivity contribution in [2.75, 3.05) is 6.61 Å². The molecule has 2 atom stereocenters. The molecule has 0 radical (unpaired) electrons. The maximum Gasteiger partial charge on any atom is 0.411 e. The molecule has 0 unspecified atom stereocenters. The van der Waals surface area contributed by atoms with Crippen LogP contribution in [0.5, 0.6) is 0 Å². The van der Waals surface area contributed by atoms with E-state index in [1.54, 1.807) is 18.7 Å². The summed E-state index contributed by atoms with van der Waals surface area (Å²) in [6.45, 7) is 9.05. The number of ether oxygens (including phenoxy) is 2. The van der Waals surface area contributed by atoms with Crippen molar-refractivity contribution in [2.45, 2.75) is 70.9 Å². The van der Waals surface area contributed by atoms with Gasteiger partial charge in [-0.1, -0.05) is 30.3 Å². The van der Waals surface area contributed by atoms with E-state index in [2.05, 4.69) is 0 Å². The van der Waals surface area contributed by atoms with E-state index in [1.807, 2.05) is 51.1 Å². The predicted octanol–water partition coefficient (Wildman–Crippen LogP) is 3.87. The molecule has 1 aromatic carbocycles. The highest BCUT2D eigenvalue weighted by atomic mass is 16.6. The molecule has 0 spiro atoms. The van der Waals surface area contributed by atoms with Gasteiger partial charge in [-0.15, -0.1) is 0 Å². The second kappa shape index (κ2) is 7.11. The van der Waals surface area contributed by atoms with Crippen LogP contribution in [0.25, 0.3) is 0 Å². The number of amides is 1. The quantitative estimate of drug-likeness (QED) is 0.849. The molecule has 1 heterocycles. The van der Waals surface area contributed by atoms with Crippen LogP contribution in [0.2, 0.25) is 0 Å². The molecule has 0 aromatic heterocycles. The maximum absolute atomic E-state index is 12.8. The smallest absolute Gasteiger partial charge is 0.411 e. The highest BCUT2D eigenvalue weighted by molar-refractivity contribution is 5.70. The van der Waals surface area contributed by atoms with Crippen molar-refractivity contribution in [1.29, 1.82) is 0 Å². The Morgan fingerprint density at radius 3 is 2.33 bits per heavy atom. The van der Waals surface area contributed by atoms with Gasteiger partial charge in [0.15, 0.2) is 5.79 Å². The summed E-state index contributed by atoms with van der Waals surface area (Å²) in [5.74, 6) is -1.22. The Balaban J connectivity index is 2.20. The van der Waals surface area contributed by atoms with E-state index in [9.17, 15) is 9.90 Å². The molecule has 5 heteroatoms. The van der Waals surface area contributed by atoms with Crippen LogP contribution in [0.3, 0.4) is 0 Å².